The van der Waals surface area contributed by atoms with Gasteiger partial charge in [-0.25, -0.2) is 4.39 Å². The highest BCUT2D eigenvalue weighted by molar-refractivity contribution is 6.01. The number of rotatable bonds is 4. The second-order valence-corrected chi connectivity index (χ2v) is 6.94. The molecule has 29 heavy (non-hydrogen) atoms. The molecule has 1 N–H and O–H groups in total. The van der Waals surface area contributed by atoms with E-state index in [1.165, 1.54) is 19.1 Å². The number of hydrogen-bond donors (Lipinski definition) is 1. The first-order valence-corrected chi connectivity index (χ1v) is 9.42. The zero-order valence-electron chi connectivity index (χ0n) is 16.0. The van der Waals surface area contributed by atoms with Gasteiger partial charge in [-0.15, -0.1) is 0 Å². The molecule has 0 saturated carbocycles. The van der Waals surface area contributed by atoms with Gasteiger partial charge in [0, 0.05) is 49.8 Å². The van der Waals surface area contributed by atoms with Crippen LogP contribution in [0.25, 0.3) is 11.3 Å². The van der Waals surface area contributed by atoms with Gasteiger partial charge in [0.05, 0.1) is 0 Å². The van der Waals surface area contributed by atoms with Crippen molar-refractivity contribution < 1.29 is 18.8 Å². The Morgan fingerprint density at radius 1 is 1.17 bits per heavy atom. The Hall–Kier alpha value is -3.26. The molecule has 1 aliphatic heterocycles. The summed E-state index contributed by atoms with van der Waals surface area (Å²) < 4.78 is 18.5. The van der Waals surface area contributed by atoms with Crippen LogP contribution in [0.3, 0.4) is 0 Å². The number of pyridine rings is 1. The minimum absolute atomic E-state index is 0.148. The van der Waals surface area contributed by atoms with Gasteiger partial charge in [-0.05, 0) is 43.3 Å². The molecule has 8 heteroatoms. The van der Waals surface area contributed by atoms with Gasteiger partial charge in [0.2, 0.25) is 0 Å². The van der Waals surface area contributed by atoms with Gasteiger partial charge in [0.15, 0.2) is 5.76 Å². The normalized spacial score (nSPS) is 15.4. The zero-order chi connectivity index (χ0) is 20.4. The molecule has 3 aromatic rings. The van der Waals surface area contributed by atoms with Crippen LogP contribution in [-0.2, 0) is 0 Å². The van der Waals surface area contributed by atoms with Gasteiger partial charge in [0.25, 0.3) is 5.91 Å². The van der Waals surface area contributed by atoms with Crippen molar-refractivity contribution in [1.82, 2.24) is 15.0 Å². The standard InChI is InChI=1S/C21H21FN4O3/c1-14(27)20-18(19(24-29-20)15-3-2-8-23-13-15)21(28)26-11-9-25(10-12-26)17-6-4-16(22)5-7-17/h2-8,13-14,27H,9-12H2,1H3. The number of nitrogens with zero attached hydrogens (tertiary/aromatic N) is 4. The maximum atomic E-state index is 13.3. The molecule has 0 spiro atoms. The fourth-order valence-corrected chi connectivity index (χ4v) is 3.47. The van der Waals surface area contributed by atoms with Crippen molar-refractivity contribution in [2.45, 2.75) is 13.0 Å². The lowest BCUT2D eigenvalue weighted by molar-refractivity contribution is 0.0735. The number of aromatic nitrogens is 2. The fraction of sp³-hybridized carbons (Fsp3) is 0.286. The molecule has 1 saturated heterocycles. The first-order valence-electron chi connectivity index (χ1n) is 9.42. The van der Waals surface area contributed by atoms with E-state index in [-0.39, 0.29) is 23.0 Å². The Kier molecular flexibility index (Phi) is 5.26. The van der Waals surface area contributed by atoms with E-state index in [2.05, 4.69) is 15.0 Å². The van der Waals surface area contributed by atoms with Gasteiger partial charge >= 0.3 is 0 Å². The van der Waals surface area contributed by atoms with E-state index in [1.54, 1.807) is 41.6 Å². The molecule has 3 heterocycles. The highest BCUT2D eigenvalue weighted by Gasteiger charge is 2.31. The number of hydrogen-bond acceptors (Lipinski definition) is 6. The number of aliphatic hydroxyl groups excluding tert-OH is 1. The summed E-state index contributed by atoms with van der Waals surface area (Å²) in [5.74, 6) is -0.363. The van der Waals surface area contributed by atoms with Crippen LogP contribution in [0.15, 0.2) is 53.3 Å². The van der Waals surface area contributed by atoms with Crippen LogP contribution in [0.1, 0.15) is 29.1 Å². The van der Waals surface area contributed by atoms with E-state index in [9.17, 15) is 14.3 Å². The highest BCUT2D eigenvalue weighted by Crippen LogP contribution is 2.30. The number of benzene rings is 1. The lowest BCUT2D eigenvalue weighted by Gasteiger charge is -2.36. The molecule has 1 aliphatic rings. The summed E-state index contributed by atoms with van der Waals surface area (Å²) in [5.41, 5.74) is 2.21. The van der Waals surface area contributed by atoms with Gasteiger partial charge in [-0.3, -0.25) is 9.78 Å². The second-order valence-electron chi connectivity index (χ2n) is 6.94. The van der Waals surface area contributed by atoms with Crippen molar-refractivity contribution >= 4 is 11.6 Å². The molecule has 1 fully saturated rings. The minimum atomic E-state index is -0.965. The first-order chi connectivity index (χ1) is 14.0. The number of halogens is 1. The smallest absolute Gasteiger partial charge is 0.259 e. The van der Waals surface area contributed by atoms with Crippen molar-refractivity contribution in [2.24, 2.45) is 0 Å². The monoisotopic (exact) mass is 396 g/mol. The van der Waals surface area contributed by atoms with E-state index < -0.39 is 6.10 Å². The topological polar surface area (TPSA) is 82.7 Å². The summed E-state index contributed by atoms with van der Waals surface area (Å²) in [7, 11) is 0. The summed E-state index contributed by atoms with van der Waals surface area (Å²) in [6, 6.07) is 9.87. The van der Waals surface area contributed by atoms with Crippen LogP contribution < -0.4 is 4.90 Å². The van der Waals surface area contributed by atoms with Crippen molar-refractivity contribution in [1.29, 1.82) is 0 Å². The van der Waals surface area contributed by atoms with Gasteiger partial charge in [0.1, 0.15) is 23.2 Å². The van der Waals surface area contributed by atoms with E-state index in [1.807, 2.05) is 0 Å². The van der Waals surface area contributed by atoms with Gasteiger partial charge in [-0.1, -0.05) is 5.16 Å². The molecule has 2 aromatic heterocycles. The molecule has 4 rings (SSSR count). The van der Waals surface area contributed by atoms with Crippen LogP contribution in [0, 0.1) is 5.82 Å². The second kappa shape index (κ2) is 8.00. The van der Waals surface area contributed by atoms with Crippen molar-refractivity contribution in [3.05, 3.63) is 65.9 Å². The molecule has 1 amide bonds. The molecule has 1 aromatic carbocycles. The van der Waals surface area contributed by atoms with Crippen molar-refractivity contribution in [3.8, 4) is 11.3 Å². The third-order valence-electron chi connectivity index (χ3n) is 5.01. The predicted molar refractivity (Wildman–Crippen MR) is 105 cm³/mol. The predicted octanol–water partition coefficient (Wildman–Crippen LogP) is 2.89. The first kappa shape index (κ1) is 19.1. The molecular weight excluding hydrogens is 375 g/mol. The summed E-state index contributed by atoms with van der Waals surface area (Å²) >= 11 is 0. The summed E-state index contributed by atoms with van der Waals surface area (Å²) in [6.07, 6.45) is 2.27. The highest BCUT2D eigenvalue weighted by atomic mass is 19.1. The Morgan fingerprint density at radius 3 is 2.52 bits per heavy atom. The summed E-state index contributed by atoms with van der Waals surface area (Å²) in [6.45, 7) is 3.76. The van der Waals surface area contributed by atoms with Gasteiger partial charge < -0.3 is 19.4 Å². The third-order valence-corrected chi connectivity index (χ3v) is 5.01. The lowest BCUT2D eigenvalue weighted by atomic mass is 10.0. The van der Waals surface area contributed by atoms with Crippen molar-refractivity contribution in [3.63, 3.8) is 0 Å². The average molecular weight is 396 g/mol. The molecule has 150 valence electrons. The molecule has 1 unspecified atom stereocenters. The number of carbonyl (C=O) groups excluding carboxylic acids is 1. The number of piperazine rings is 1. The number of carbonyl (C=O) groups is 1. The van der Waals surface area contributed by atoms with Crippen LogP contribution in [0.2, 0.25) is 0 Å². The zero-order valence-corrected chi connectivity index (χ0v) is 16.0. The average Bonchev–Trinajstić information content (AvgIpc) is 3.20. The largest absolute Gasteiger partial charge is 0.385 e. The third kappa shape index (κ3) is 3.84. The number of amides is 1. The van der Waals surface area contributed by atoms with Crippen LogP contribution in [0.5, 0.6) is 0 Å². The Bertz CT molecular complexity index is 981. The van der Waals surface area contributed by atoms with E-state index in [4.69, 9.17) is 4.52 Å². The molecule has 0 radical (unpaired) electrons. The van der Waals surface area contributed by atoms with Crippen LogP contribution in [0.4, 0.5) is 10.1 Å². The number of anilines is 1. The SMILES string of the molecule is CC(O)c1onc(-c2cccnc2)c1C(=O)N1CCN(c2ccc(F)cc2)CC1. The summed E-state index contributed by atoms with van der Waals surface area (Å²) in [5, 5.41) is 14.1. The lowest BCUT2D eigenvalue weighted by Crippen LogP contribution is -2.49. The minimum Gasteiger partial charge on any atom is -0.385 e. The van der Waals surface area contributed by atoms with E-state index >= 15 is 0 Å². The molecule has 0 aliphatic carbocycles. The van der Waals surface area contributed by atoms with Crippen molar-refractivity contribution in [2.75, 3.05) is 31.1 Å². The van der Waals surface area contributed by atoms with Gasteiger partial charge in [-0.2, -0.15) is 0 Å². The quantitative estimate of drug-likeness (QED) is 0.730. The van der Waals surface area contributed by atoms with E-state index in [0.717, 1.165) is 5.69 Å². The maximum Gasteiger partial charge on any atom is 0.259 e. The Morgan fingerprint density at radius 2 is 1.90 bits per heavy atom. The Balaban J connectivity index is 1.56. The van der Waals surface area contributed by atoms with Crippen LogP contribution >= 0.6 is 0 Å². The van der Waals surface area contributed by atoms with Crippen LogP contribution in [-0.4, -0.2) is 52.2 Å². The van der Waals surface area contributed by atoms with E-state index in [0.29, 0.717) is 37.4 Å². The Labute approximate surface area is 167 Å². The number of aliphatic hydroxyl groups is 1. The molecular formula is C21H21FN4O3. The maximum absolute atomic E-state index is 13.3. The fourth-order valence-electron chi connectivity index (χ4n) is 3.47. The summed E-state index contributed by atoms with van der Waals surface area (Å²) in [4.78, 5) is 21.2. The molecule has 1 atom stereocenters. The molecule has 7 nitrogen and oxygen atoms in total. The molecule has 0 bridgehead atoms.